The highest BCUT2D eigenvalue weighted by molar-refractivity contribution is 14.1. The molecule has 1 rings (SSSR count). The molecule has 0 saturated heterocycles. The summed E-state index contributed by atoms with van der Waals surface area (Å²) in [5, 5.41) is 0. The molecule has 0 fully saturated rings. The third kappa shape index (κ3) is 5.79. The Bertz CT molecular complexity index is 303. The van der Waals surface area contributed by atoms with Crippen LogP contribution in [0.4, 0.5) is 4.39 Å². The summed E-state index contributed by atoms with van der Waals surface area (Å²) >= 11 is 2.27. The molecule has 0 bridgehead atoms. The van der Waals surface area contributed by atoms with E-state index in [0.29, 0.717) is 13.2 Å². The molecule has 0 N–H and O–H groups in total. The van der Waals surface area contributed by atoms with E-state index in [2.05, 4.69) is 29.5 Å². The second-order valence-electron chi connectivity index (χ2n) is 3.68. The van der Waals surface area contributed by atoms with Crippen LogP contribution in [0, 0.1) is 5.82 Å². The Kier molecular flexibility index (Phi) is 7.72. The molecule has 0 radical (unpaired) electrons. The monoisotopic (exact) mass is 352 g/mol. The number of alkyl halides is 1. The second-order valence-corrected chi connectivity index (χ2v) is 4.56. The first kappa shape index (κ1) is 14.9. The molecule has 0 saturated carbocycles. The molecule has 1 unspecified atom stereocenters. The zero-order valence-electron chi connectivity index (χ0n) is 9.99. The van der Waals surface area contributed by atoms with Crippen molar-refractivity contribution >= 4 is 22.6 Å². The van der Waals surface area contributed by atoms with E-state index in [4.69, 9.17) is 9.47 Å². The van der Waals surface area contributed by atoms with Crippen molar-refractivity contribution < 1.29 is 13.9 Å². The first-order valence-corrected chi connectivity index (χ1v) is 7.31. The van der Waals surface area contributed by atoms with Gasteiger partial charge in [0.15, 0.2) is 0 Å². The van der Waals surface area contributed by atoms with Gasteiger partial charge in [-0.1, -0.05) is 41.6 Å². The van der Waals surface area contributed by atoms with E-state index in [-0.39, 0.29) is 11.9 Å². The maximum Gasteiger partial charge on any atom is 0.123 e. The standard InChI is InChI=1S/C13H18FIO2/c1-2-7-16-8-9-17-13(10-15)11-3-5-12(14)6-4-11/h3-6,13H,2,7-10H2,1H3. The summed E-state index contributed by atoms with van der Waals surface area (Å²) in [5.41, 5.74) is 1.01. The topological polar surface area (TPSA) is 18.5 Å². The largest absolute Gasteiger partial charge is 0.379 e. The molecular formula is C13H18FIO2. The van der Waals surface area contributed by atoms with Crippen LogP contribution in [-0.2, 0) is 9.47 Å². The quantitative estimate of drug-likeness (QED) is 0.403. The summed E-state index contributed by atoms with van der Waals surface area (Å²) in [6.45, 7) is 4.04. The highest BCUT2D eigenvalue weighted by Gasteiger charge is 2.10. The van der Waals surface area contributed by atoms with Crippen molar-refractivity contribution in [3.05, 3.63) is 35.6 Å². The lowest BCUT2D eigenvalue weighted by Crippen LogP contribution is -2.11. The number of rotatable bonds is 8. The zero-order chi connectivity index (χ0) is 12.5. The smallest absolute Gasteiger partial charge is 0.123 e. The van der Waals surface area contributed by atoms with Gasteiger partial charge < -0.3 is 9.47 Å². The van der Waals surface area contributed by atoms with Gasteiger partial charge in [0, 0.05) is 11.0 Å². The van der Waals surface area contributed by atoms with E-state index in [1.807, 2.05) is 0 Å². The first-order chi connectivity index (χ1) is 8.27. The Balaban J connectivity index is 2.35. The minimum atomic E-state index is -0.216. The Labute approximate surface area is 116 Å². The number of hydrogen-bond acceptors (Lipinski definition) is 2. The van der Waals surface area contributed by atoms with Crippen molar-refractivity contribution in [3.8, 4) is 0 Å². The number of hydrogen-bond donors (Lipinski definition) is 0. The number of benzene rings is 1. The van der Waals surface area contributed by atoms with Crippen molar-refractivity contribution in [2.45, 2.75) is 19.4 Å². The third-order valence-electron chi connectivity index (χ3n) is 2.28. The Morgan fingerprint density at radius 1 is 1.18 bits per heavy atom. The third-order valence-corrected chi connectivity index (χ3v) is 3.08. The molecule has 0 aromatic heterocycles. The Morgan fingerprint density at radius 2 is 1.88 bits per heavy atom. The van der Waals surface area contributed by atoms with Crippen LogP contribution < -0.4 is 0 Å². The summed E-state index contributed by atoms with van der Waals surface area (Å²) in [6, 6.07) is 6.47. The van der Waals surface area contributed by atoms with Crippen LogP contribution in [-0.4, -0.2) is 24.2 Å². The van der Waals surface area contributed by atoms with E-state index < -0.39 is 0 Å². The molecule has 2 nitrogen and oxygen atoms in total. The normalized spacial score (nSPS) is 12.6. The van der Waals surface area contributed by atoms with Gasteiger partial charge in [-0.2, -0.15) is 0 Å². The maximum absolute atomic E-state index is 12.8. The van der Waals surface area contributed by atoms with Crippen LogP contribution in [0.25, 0.3) is 0 Å². The summed E-state index contributed by atoms with van der Waals surface area (Å²) in [5.74, 6) is -0.216. The lowest BCUT2D eigenvalue weighted by molar-refractivity contribution is 0.0147. The zero-order valence-corrected chi connectivity index (χ0v) is 12.2. The molecule has 0 aliphatic rings. The molecule has 1 atom stereocenters. The van der Waals surface area contributed by atoms with Crippen molar-refractivity contribution in [1.29, 1.82) is 0 Å². The summed E-state index contributed by atoms with van der Waals surface area (Å²) < 4.78 is 24.7. The molecule has 0 amide bonds. The molecule has 0 heterocycles. The van der Waals surface area contributed by atoms with Crippen molar-refractivity contribution in [3.63, 3.8) is 0 Å². The van der Waals surface area contributed by atoms with Gasteiger partial charge in [-0.05, 0) is 24.1 Å². The fraction of sp³-hybridized carbons (Fsp3) is 0.538. The molecule has 4 heteroatoms. The van der Waals surface area contributed by atoms with Crippen molar-refractivity contribution in [2.75, 3.05) is 24.2 Å². The van der Waals surface area contributed by atoms with E-state index >= 15 is 0 Å². The van der Waals surface area contributed by atoms with Gasteiger partial charge >= 0.3 is 0 Å². The van der Waals surface area contributed by atoms with Gasteiger partial charge in [0.25, 0.3) is 0 Å². The van der Waals surface area contributed by atoms with Crippen molar-refractivity contribution in [1.82, 2.24) is 0 Å². The SMILES string of the molecule is CCCOCCOC(CI)c1ccc(F)cc1. The summed E-state index contributed by atoms with van der Waals surface area (Å²) in [4.78, 5) is 0. The molecule has 96 valence electrons. The molecule has 0 aliphatic heterocycles. The minimum Gasteiger partial charge on any atom is -0.379 e. The summed E-state index contributed by atoms with van der Waals surface area (Å²) in [7, 11) is 0. The second kappa shape index (κ2) is 8.83. The Hall–Kier alpha value is -0.200. The predicted molar refractivity (Wildman–Crippen MR) is 75.1 cm³/mol. The van der Waals surface area contributed by atoms with E-state index in [9.17, 15) is 4.39 Å². The first-order valence-electron chi connectivity index (χ1n) is 5.78. The van der Waals surface area contributed by atoms with E-state index in [1.54, 1.807) is 12.1 Å². The van der Waals surface area contributed by atoms with Gasteiger partial charge in [0.2, 0.25) is 0 Å². The van der Waals surface area contributed by atoms with Crippen LogP contribution in [0.3, 0.4) is 0 Å². The van der Waals surface area contributed by atoms with E-state index in [1.165, 1.54) is 12.1 Å². The molecular weight excluding hydrogens is 334 g/mol. The average molecular weight is 352 g/mol. The average Bonchev–Trinajstić information content (AvgIpc) is 2.35. The fourth-order valence-electron chi connectivity index (χ4n) is 1.40. The van der Waals surface area contributed by atoms with Gasteiger partial charge in [0.1, 0.15) is 5.82 Å². The van der Waals surface area contributed by atoms with Gasteiger partial charge in [-0.15, -0.1) is 0 Å². The fourth-order valence-corrected chi connectivity index (χ4v) is 2.17. The van der Waals surface area contributed by atoms with Crippen LogP contribution in [0.5, 0.6) is 0 Å². The van der Waals surface area contributed by atoms with Gasteiger partial charge in [0.05, 0.1) is 19.3 Å². The van der Waals surface area contributed by atoms with Gasteiger partial charge in [-0.25, -0.2) is 4.39 Å². The number of halogens is 2. The summed E-state index contributed by atoms with van der Waals surface area (Å²) in [6.07, 6.45) is 1.04. The highest BCUT2D eigenvalue weighted by atomic mass is 127. The Morgan fingerprint density at radius 3 is 2.47 bits per heavy atom. The maximum atomic E-state index is 12.8. The van der Waals surface area contributed by atoms with Crippen molar-refractivity contribution in [2.24, 2.45) is 0 Å². The van der Waals surface area contributed by atoms with Gasteiger partial charge in [-0.3, -0.25) is 0 Å². The molecule has 0 aliphatic carbocycles. The minimum absolute atomic E-state index is 0.0152. The number of ether oxygens (including phenoxy) is 2. The van der Waals surface area contributed by atoms with Crippen LogP contribution in [0.15, 0.2) is 24.3 Å². The van der Waals surface area contributed by atoms with E-state index in [0.717, 1.165) is 23.0 Å². The highest BCUT2D eigenvalue weighted by Crippen LogP contribution is 2.20. The van der Waals surface area contributed by atoms with Crippen LogP contribution in [0.1, 0.15) is 25.0 Å². The molecule has 1 aromatic carbocycles. The molecule has 0 spiro atoms. The van der Waals surface area contributed by atoms with Crippen LogP contribution >= 0.6 is 22.6 Å². The lowest BCUT2D eigenvalue weighted by atomic mass is 10.1. The molecule has 17 heavy (non-hydrogen) atoms. The lowest BCUT2D eigenvalue weighted by Gasteiger charge is -2.15. The van der Waals surface area contributed by atoms with Crippen LogP contribution in [0.2, 0.25) is 0 Å². The predicted octanol–water partition coefficient (Wildman–Crippen LogP) is 3.75. The molecule has 1 aromatic rings.